The van der Waals surface area contributed by atoms with Crippen molar-refractivity contribution < 1.29 is 4.74 Å². The van der Waals surface area contributed by atoms with Crippen LogP contribution in [0.5, 0.6) is 5.75 Å². The summed E-state index contributed by atoms with van der Waals surface area (Å²) in [7, 11) is 1.91. The first-order chi connectivity index (χ1) is 14.0. The van der Waals surface area contributed by atoms with Gasteiger partial charge in [-0.2, -0.15) is 5.10 Å². The third kappa shape index (κ3) is 7.37. The molecule has 6 nitrogen and oxygen atoms in total. The fourth-order valence-corrected chi connectivity index (χ4v) is 2.88. The highest BCUT2D eigenvalue weighted by Crippen LogP contribution is 2.17. The lowest BCUT2D eigenvalue weighted by molar-refractivity contribution is 0.242. The minimum atomic E-state index is 0. The average Bonchev–Trinajstić information content (AvgIpc) is 3.11. The maximum Gasteiger partial charge on any atom is 0.196 e. The number of guanidine groups is 1. The molecular weight excluding hydrogens is 489 g/mol. The fourth-order valence-electron chi connectivity index (χ4n) is 2.88. The minimum absolute atomic E-state index is 0. The molecule has 0 aliphatic carbocycles. The highest BCUT2D eigenvalue weighted by atomic mass is 127. The minimum Gasteiger partial charge on any atom is -0.491 e. The van der Waals surface area contributed by atoms with E-state index in [1.54, 1.807) is 4.68 Å². The predicted molar refractivity (Wildman–Crippen MR) is 134 cm³/mol. The van der Waals surface area contributed by atoms with Gasteiger partial charge in [0.15, 0.2) is 5.96 Å². The molecule has 2 aromatic carbocycles. The molecule has 0 unspecified atom stereocenters. The highest BCUT2D eigenvalue weighted by Gasteiger charge is 2.05. The number of aliphatic imine (C=N–C) groups is 1. The zero-order valence-corrected chi connectivity index (χ0v) is 20.3. The van der Waals surface area contributed by atoms with E-state index in [4.69, 9.17) is 9.73 Å². The molecule has 0 atom stereocenters. The summed E-state index contributed by atoms with van der Waals surface area (Å²) in [5.74, 6) is 1.57. The van der Waals surface area contributed by atoms with E-state index >= 15 is 0 Å². The maximum atomic E-state index is 5.72. The molecule has 3 aromatic rings. The van der Waals surface area contributed by atoms with Crippen molar-refractivity contribution in [2.75, 3.05) is 5.32 Å². The van der Waals surface area contributed by atoms with Crippen LogP contribution in [0.2, 0.25) is 0 Å². The molecule has 0 spiro atoms. The Morgan fingerprint density at radius 2 is 1.87 bits per heavy atom. The van der Waals surface area contributed by atoms with E-state index in [2.05, 4.69) is 46.9 Å². The third-order valence-electron chi connectivity index (χ3n) is 4.37. The van der Waals surface area contributed by atoms with Crippen molar-refractivity contribution in [3.8, 4) is 5.75 Å². The van der Waals surface area contributed by atoms with E-state index in [9.17, 15) is 0 Å². The largest absolute Gasteiger partial charge is 0.491 e. The summed E-state index contributed by atoms with van der Waals surface area (Å²) in [6, 6.07) is 16.3. The highest BCUT2D eigenvalue weighted by molar-refractivity contribution is 14.0. The number of halogens is 1. The van der Waals surface area contributed by atoms with Crippen LogP contribution in [0.3, 0.4) is 0 Å². The van der Waals surface area contributed by atoms with Gasteiger partial charge in [0.2, 0.25) is 0 Å². The Labute approximate surface area is 195 Å². The first kappa shape index (κ1) is 23.7. The van der Waals surface area contributed by atoms with Crippen molar-refractivity contribution in [3.63, 3.8) is 0 Å². The van der Waals surface area contributed by atoms with Crippen molar-refractivity contribution in [1.29, 1.82) is 0 Å². The summed E-state index contributed by atoms with van der Waals surface area (Å²) in [6.45, 7) is 7.39. The van der Waals surface area contributed by atoms with Crippen molar-refractivity contribution in [3.05, 3.63) is 77.6 Å². The van der Waals surface area contributed by atoms with Gasteiger partial charge in [-0.25, -0.2) is 4.99 Å². The molecule has 0 bridgehead atoms. The molecule has 0 saturated carbocycles. The van der Waals surface area contributed by atoms with Crippen LogP contribution in [0, 0.1) is 6.92 Å². The number of hydrogen-bond acceptors (Lipinski definition) is 3. The molecule has 1 heterocycles. The van der Waals surface area contributed by atoms with Gasteiger partial charge in [-0.1, -0.05) is 24.3 Å². The van der Waals surface area contributed by atoms with Gasteiger partial charge in [0.1, 0.15) is 5.75 Å². The zero-order valence-electron chi connectivity index (χ0n) is 17.9. The van der Waals surface area contributed by atoms with Gasteiger partial charge in [0.25, 0.3) is 0 Å². The molecule has 0 amide bonds. The maximum absolute atomic E-state index is 5.72. The van der Waals surface area contributed by atoms with Crippen LogP contribution in [-0.2, 0) is 20.1 Å². The molecule has 30 heavy (non-hydrogen) atoms. The lowest BCUT2D eigenvalue weighted by atomic mass is 10.1. The van der Waals surface area contributed by atoms with Gasteiger partial charge in [0, 0.05) is 31.0 Å². The second-order valence-electron chi connectivity index (χ2n) is 7.28. The molecule has 0 radical (unpaired) electrons. The standard InChI is InChI=1S/C23H29N5O.HI/c1-17(2)29-22-11-9-21(10-12-22)27-23(24-13-19-14-26-28(4)16-19)25-15-20-8-6-5-7-18(20)3;/h5-12,14,16-17H,13,15H2,1-4H3,(H2,24,25,27);1H. The van der Waals surface area contributed by atoms with E-state index in [0.29, 0.717) is 13.1 Å². The normalized spacial score (nSPS) is 11.2. The van der Waals surface area contributed by atoms with E-state index in [-0.39, 0.29) is 30.1 Å². The number of rotatable bonds is 7. The number of benzene rings is 2. The van der Waals surface area contributed by atoms with Gasteiger partial charge < -0.3 is 15.4 Å². The Hall–Kier alpha value is -2.55. The molecule has 0 aliphatic heterocycles. The zero-order chi connectivity index (χ0) is 20.6. The first-order valence-corrected chi connectivity index (χ1v) is 9.83. The van der Waals surface area contributed by atoms with E-state index < -0.39 is 0 Å². The topological polar surface area (TPSA) is 63.5 Å². The van der Waals surface area contributed by atoms with Gasteiger partial charge >= 0.3 is 0 Å². The van der Waals surface area contributed by atoms with Crippen LogP contribution >= 0.6 is 24.0 Å². The second kappa shape index (κ2) is 11.6. The Balaban J connectivity index is 0.00000320. The second-order valence-corrected chi connectivity index (χ2v) is 7.28. The number of nitrogens with zero attached hydrogens (tertiary/aromatic N) is 3. The van der Waals surface area contributed by atoms with Crippen LogP contribution in [0.25, 0.3) is 0 Å². The van der Waals surface area contributed by atoms with Gasteiger partial charge in [0.05, 0.1) is 18.8 Å². The van der Waals surface area contributed by atoms with Gasteiger partial charge in [-0.3, -0.25) is 4.68 Å². The summed E-state index contributed by atoms with van der Waals surface area (Å²) >= 11 is 0. The average molecular weight is 519 g/mol. The monoisotopic (exact) mass is 519 g/mol. The van der Waals surface area contributed by atoms with Crippen molar-refractivity contribution in [1.82, 2.24) is 15.1 Å². The quantitative estimate of drug-likeness (QED) is 0.265. The lowest BCUT2D eigenvalue weighted by Gasteiger charge is -2.15. The van der Waals surface area contributed by atoms with Crippen molar-refractivity contribution in [2.24, 2.45) is 12.0 Å². The summed E-state index contributed by atoms with van der Waals surface area (Å²) in [5.41, 5.74) is 4.50. The van der Waals surface area contributed by atoms with E-state index in [1.165, 1.54) is 11.1 Å². The summed E-state index contributed by atoms with van der Waals surface area (Å²) < 4.78 is 7.50. The van der Waals surface area contributed by atoms with E-state index in [1.807, 2.05) is 57.6 Å². The molecule has 0 saturated heterocycles. The molecule has 160 valence electrons. The van der Waals surface area contributed by atoms with E-state index in [0.717, 1.165) is 23.0 Å². The number of anilines is 1. The van der Waals surface area contributed by atoms with Crippen LogP contribution in [0.1, 0.15) is 30.5 Å². The van der Waals surface area contributed by atoms with Gasteiger partial charge in [-0.15, -0.1) is 24.0 Å². The van der Waals surface area contributed by atoms with Crippen molar-refractivity contribution >= 4 is 35.6 Å². The predicted octanol–water partition coefficient (Wildman–Crippen LogP) is 4.89. The molecular formula is C23H30IN5O. The molecule has 0 fully saturated rings. The third-order valence-corrected chi connectivity index (χ3v) is 4.37. The lowest BCUT2D eigenvalue weighted by Crippen LogP contribution is -2.30. The molecule has 0 aliphatic rings. The molecule has 3 rings (SSSR count). The number of aryl methyl sites for hydroxylation is 2. The SMILES string of the molecule is Cc1ccccc1CNC(=NCc1cnn(C)c1)Nc1ccc(OC(C)C)cc1.I. The summed E-state index contributed by atoms with van der Waals surface area (Å²) in [4.78, 5) is 4.73. The number of ether oxygens (including phenoxy) is 1. The van der Waals surface area contributed by atoms with Crippen LogP contribution in [0.4, 0.5) is 5.69 Å². The van der Waals surface area contributed by atoms with Crippen LogP contribution in [0.15, 0.2) is 65.9 Å². The Morgan fingerprint density at radius 3 is 2.50 bits per heavy atom. The molecule has 1 aromatic heterocycles. The van der Waals surface area contributed by atoms with Crippen molar-refractivity contribution in [2.45, 2.75) is 40.0 Å². The number of aromatic nitrogens is 2. The number of hydrogen-bond donors (Lipinski definition) is 2. The summed E-state index contributed by atoms with van der Waals surface area (Å²) in [6.07, 6.45) is 3.96. The molecule has 7 heteroatoms. The fraction of sp³-hybridized carbons (Fsp3) is 0.304. The Bertz CT molecular complexity index is 950. The Kier molecular flexibility index (Phi) is 9.16. The van der Waals surface area contributed by atoms with Gasteiger partial charge in [-0.05, 0) is 56.2 Å². The summed E-state index contributed by atoms with van der Waals surface area (Å²) in [5, 5.41) is 11.0. The van der Waals surface area contributed by atoms with Crippen LogP contribution < -0.4 is 15.4 Å². The first-order valence-electron chi connectivity index (χ1n) is 9.83. The Morgan fingerprint density at radius 1 is 1.13 bits per heavy atom. The van der Waals surface area contributed by atoms with Crippen LogP contribution in [-0.4, -0.2) is 21.8 Å². The smallest absolute Gasteiger partial charge is 0.196 e. The number of nitrogens with one attached hydrogen (secondary N) is 2. The molecule has 2 N–H and O–H groups in total.